The first-order valence-electron chi connectivity index (χ1n) is 10.1. The summed E-state index contributed by atoms with van der Waals surface area (Å²) in [7, 11) is 0. The van der Waals surface area contributed by atoms with Crippen molar-refractivity contribution in [1.29, 1.82) is 0 Å². The molecule has 0 spiro atoms. The van der Waals surface area contributed by atoms with Crippen LogP contribution < -0.4 is 15.9 Å². The van der Waals surface area contributed by atoms with Crippen LogP contribution in [0.1, 0.15) is 35.4 Å². The van der Waals surface area contributed by atoms with Crippen LogP contribution in [0.4, 0.5) is 0 Å². The molecule has 1 atom stereocenters. The molecule has 0 aliphatic carbocycles. The number of hydrogen-bond donors (Lipinski definition) is 2. The molecule has 8 nitrogen and oxygen atoms in total. The summed E-state index contributed by atoms with van der Waals surface area (Å²) in [6.45, 7) is 5.42. The molecule has 0 bridgehead atoms. The van der Waals surface area contributed by atoms with Crippen molar-refractivity contribution in [2.75, 3.05) is 0 Å². The Morgan fingerprint density at radius 2 is 2.03 bits per heavy atom. The Morgan fingerprint density at radius 1 is 1.24 bits per heavy atom. The number of fused-ring (bicyclic) bond motifs is 1. The van der Waals surface area contributed by atoms with Crippen LogP contribution >= 0.6 is 11.6 Å². The van der Waals surface area contributed by atoms with E-state index < -0.39 is 6.10 Å². The third kappa shape index (κ3) is 4.25. The van der Waals surface area contributed by atoms with E-state index >= 15 is 0 Å². The number of ether oxygens (including phenoxy) is 1. The molecule has 0 saturated heterocycles. The molecule has 168 valence electrons. The van der Waals surface area contributed by atoms with Gasteiger partial charge in [-0.3, -0.25) is 9.78 Å². The quantitative estimate of drug-likeness (QED) is 0.143. The topological polar surface area (TPSA) is 124 Å². The van der Waals surface area contributed by atoms with E-state index in [0.29, 0.717) is 33.6 Å². The van der Waals surface area contributed by atoms with Crippen molar-refractivity contribution in [3.63, 3.8) is 0 Å². The smallest absolute Gasteiger partial charge is 0.196 e. The molecule has 3 aromatic heterocycles. The summed E-state index contributed by atoms with van der Waals surface area (Å²) in [5, 5.41) is 12.7. The number of nitrogens with two attached hydrogens (primary N) is 1. The zero-order chi connectivity index (χ0) is 23.7. The third-order valence-electron chi connectivity index (χ3n) is 5.21. The fraction of sp³-hybridized carbons (Fsp3) is 0.167. The van der Waals surface area contributed by atoms with Crippen molar-refractivity contribution in [3.8, 4) is 17.2 Å². The van der Waals surface area contributed by atoms with Crippen molar-refractivity contribution >= 4 is 28.4 Å². The van der Waals surface area contributed by atoms with Gasteiger partial charge in [0.15, 0.2) is 22.7 Å². The highest BCUT2D eigenvalue weighted by Crippen LogP contribution is 2.33. The van der Waals surface area contributed by atoms with Crippen LogP contribution in [0.25, 0.3) is 22.4 Å². The first kappa shape index (κ1) is 22.3. The molecule has 9 heteroatoms. The molecule has 0 aliphatic rings. The summed E-state index contributed by atoms with van der Waals surface area (Å²) >= 11 is 5.96. The second-order valence-corrected chi connectivity index (χ2v) is 7.94. The lowest BCUT2D eigenvalue weighted by atomic mass is 10.0. The predicted molar refractivity (Wildman–Crippen MR) is 126 cm³/mol. The van der Waals surface area contributed by atoms with Crippen molar-refractivity contribution in [2.24, 2.45) is 10.9 Å². The van der Waals surface area contributed by atoms with Crippen LogP contribution in [0, 0.1) is 13.8 Å². The Bertz CT molecular complexity index is 1430. The summed E-state index contributed by atoms with van der Waals surface area (Å²) in [6.07, 6.45) is 1.06. The van der Waals surface area contributed by atoms with Crippen molar-refractivity contribution < 1.29 is 14.4 Å². The van der Waals surface area contributed by atoms with Gasteiger partial charge in [-0.05, 0) is 62.7 Å². The summed E-state index contributed by atoms with van der Waals surface area (Å²) in [4.78, 5) is 21.6. The third-order valence-corrected chi connectivity index (χ3v) is 5.42. The van der Waals surface area contributed by atoms with Crippen LogP contribution in [0.2, 0.25) is 5.15 Å². The minimum atomic E-state index is -0.581. The second kappa shape index (κ2) is 8.91. The van der Waals surface area contributed by atoms with Gasteiger partial charge < -0.3 is 20.1 Å². The average Bonchev–Trinajstić information content (AvgIpc) is 2.82. The standard InChI is InChI=1S/C24H21ClN4O4/c1-12-10-15(14(3)32-18-7-8-19(25)28-20(18)24(26)29-31)23-16(11-12)21(30)13(2)22(33-23)17-6-4-5-9-27-17/h4-11,14,31H,1-3H3,(H2,26,29)/t14-/m1/s1. The van der Waals surface area contributed by atoms with E-state index in [1.165, 1.54) is 6.07 Å². The van der Waals surface area contributed by atoms with E-state index in [4.69, 9.17) is 31.7 Å². The molecule has 0 radical (unpaired) electrons. The molecule has 0 unspecified atom stereocenters. The Labute approximate surface area is 194 Å². The van der Waals surface area contributed by atoms with Gasteiger partial charge >= 0.3 is 0 Å². The van der Waals surface area contributed by atoms with Crippen LogP contribution in [0.5, 0.6) is 5.75 Å². The highest BCUT2D eigenvalue weighted by Gasteiger charge is 2.22. The summed E-state index contributed by atoms with van der Waals surface area (Å²) in [6, 6.07) is 12.2. The number of rotatable bonds is 5. The number of oxime groups is 1. The number of pyridine rings is 2. The normalized spacial score (nSPS) is 12.7. The highest BCUT2D eigenvalue weighted by molar-refractivity contribution is 6.29. The maximum Gasteiger partial charge on any atom is 0.196 e. The fourth-order valence-corrected chi connectivity index (χ4v) is 3.76. The van der Waals surface area contributed by atoms with Gasteiger partial charge in [-0.25, -0.2) is 4.98 Å². The number of nitrogens with zero attached hydrogens (tertiary/aromatic N) is 3. The lowest BCUT2D eigenvalue weighted by molar-refractivity contribution is 0.225. The molecule has 33 heavy (non-hydrogen) atoms. The Morgan fingerprint density at radius 3 is 2.73 bits per heavy atom. The zero-order valence-electron chi connectivity index (χ0n) is 18.2. The SMILES string of the molecule is Cc1cc([C@@H](C)Oc2ccc(Cl)nc2/C(N)=N/O)c2oc(-c3ccccn3)c(C)c(=O)c2c1. The maximum atomic E-state index is 13.2. The monoisotopic (exact) mass is 464 g/mol. The minimum absolute atomic E-state index is 0.0975. The molecule has 1 aromatic carbocycles. The number of halogens is 1. The van der Waals surface area contributed by atoms with Gasteiger partial charge in [-0.15, -0.1) is 0 Å². The van der Waals surface area contributed by atoms with E-state index in [1.807, 2.05) is 19.1 Å². The molecule has 0 fully saturated rings. The molecule has 3 N–H and O–H groups in total. The van der Waals surface area contributed by atoms with Gasteiger partial charge in [0.2, 0.25) is 0 Å². The van der Waals surface area contributed by atoms with Crippen LogP contribution in [0.3, 0.4) is 0 Å². The Hall–Kier alpha value is -3.91. The predicted octanol–water partition coefficient (Wildman–Crippen LogP) is 4.75. The molecule has 0 amide bonds. The lowest BCUT2D eigenvalue weighted by Crippen LogP contribution is -2.18. The Kier molecular flexibility index (Phi) is 6.02. The van der Waals surface area contributed by atoms with Gasteiger partial charge in [0.05, 0.1) is 5.39 Å². The first-order valence-corrected chi connectivity index (χ1v) is 10.5. The minimum Gasteiger partial charge on any atom is -0.483 e. The number of benzene rings is 1. The molecule has 0 aliphatic heterocycles. The van der Waals surface area contributed by atoms with Crippen LogP contribution in [-0.4, -0.2) is 21.0 Å². The second-order valence-electron chi connectivity index (χ2n) is 7.56. The number of aromatic nitrogens is 2. The summed E-state index contributed by atoms with van der Waals surface area (Å²) < 4.78 is 12.4. The van der Waals surface area contributed by atoms with Gasteiger partial charge in [-0.1, -0.05) is 22.8 Å². The highest BCUT2D eigenvalue weighted by atomic mass is 35.5. The Balaban J connectivity index is 1.88. The average molecular weight is 465 g/mol. The van der Waals surface area contributed by atoms with E-state index in [9.17, 15) is 4.79 Å². The molecule has 3 heterocycles. The molecular formula is C24H21ClN4O4. The maximum absolute atomic E-state index is 13.2. The molecule has 4 aromatic rings. The first-order chi connectivity index (χ1) is 15.8. The van der Waals surface area contributed by atoms with Crippen molar-refractivity contribution in [1.82, 2.24) is 9.97 Å². The largest absolute Gasteiger partial charge is 0.483 e. The fourth-order valence-electron chi connectivity index (χ4n) is 3.61. The van der Waals surface area contributed by atoms with Gasteiger partial charge in [0.25, 0.3) is 0 Å². The van der Waals surface area contributed by atoms with E-state index in [2.05, 4.69) is 15.1 Å². The molecule has 4 rings (SSSR count). The number of hydrogen-bond acceptors (Lipinski definition) is 7. The zero-order valence-corrected chi connectivity index (χ0v) is 18.9. The number of amidine groups is 1. The molecule has 0 saturated carbocycles. The van der Waals surface area contributed by atoms with Gasteiger partial charge in [0.1, 0.15) is 28.3 Å². The lowest BCUT2D eigenvalue weighted by Gasteiger charge is -2.19. The number of aryl methyl sites for hydroxylation is 1. The summed E-state index contributed by atoms with van der Waals surface area (Å²) in [5.74, 6) is 0.417. The van der Waals surface area contributed by atoms with Gasteiger partial charge in [-0.2, -0.15) is 0 Å². The summed E-state index contributed by atoms with van der Waals surface area (Å²) in [5.41, 5.74) is 8.66. The van der Waals surface area contributed by atoms with Gasteiger partial charge in [0, 0.05) is 17.3 Å². The van der Waals surface area contributed by atoms with Crippen LogP contribution in [-0.2, 0) is 0 Å². The van der Waals surface area contributed by atoms with Crippen molar-refractivity contribution in [3.05, 3.63) is 86.4 Å². The van der Waals surface area contributed by atoms with E-state index in [-0.39, 0.29) is 27.9 Å². The van der Waals surface area contributed by atoms with Crippen LogP contribution in [0.15, 0.2) is 63.0 Å². The van der Waals surface area contributed by atoms with Crippen molar-refractivity contribution in [2.45, 2.75) is 26.9 Å². The molecular weight excluding hydrogens is 444 g/mol. The van der Waals surface area contributed by atoms with E-state index in [1.54, 1.807) is 44.3 Å². The van der Waals surface area contributed by atoms with E-state index in [0.717, 1.165) is 5.56 Å².